The normalized spacial score (nSPS) is 10.2. The Labute approximate surface area is 100 Å². The van der Waals surface area contributed by atoms with Crippen LogP contribution in [0.3, 0.4) is 0 Å². The molecule has 0 saturated carbocycles. The van der Waals surface area contributed by atoms with Crippen LogP contribution in [0, 0.1) is 5.82 Å². The minimum Gasteiger partial charge on any atom is -0.374 e. The lowest BCUT2D eigenvalue weighted by Crippen LogP contribution is -2.22. The second-order valence-electron chi connectivity index (χ2n) is 3.26. The summed E-state index contributed by atoms with van der Waals surface area (Å²) in [6, 6.07) is 6.00. The second-order valence-corrected chi connectivity index (χ2v) is 4.27. The lowest BCUT2D eigenvalue weighted by molar-refractivity contribution is 0.0949. The summed E-state index contributed by atoms with van der Waals surface area (Å²) in [6.07, 6.45) is 0. The molecule has 1 amide bonds. The van der Waals surface area contributed by atoms with Crippen molar-refractivity contribution in [3.05, 3.63) is 40.7 Å². The fraction of sp³-hybridized carbons (Fsp3) is 0.100. The number of benzene rings is 1. The van der Waals surface area contributed by atoms with Gasteiger partial charge in [0.05, 0.1) is 0 Å². The molecule has 0 atom stereocenters. The van der Waals surface area contributed by atoms with Gasteiger partial charge >= 0.3 is 0 Å². The van der Waals surface area contributed by atoms with Gasteiger partial charge in [0, 0.05) is 6.54 Å². The van der Waals surface area contributed by atoms with Crippen molar-refractivity contribution in [2.75, 3.05) is 5.73 Å². The number of nitrogens with two attached hydrogens (primary N) is 1. The number of hydrogen-bond donors (Lipinski definition) is 2. The van der Waals surface area contributed by atoms with Gasteiger partial charge in [0.25, 0.3) is 5.91 Å². The number of carbonyl (C=O) groups is 1. The number of carbonyl (C=O) groups excluding carboxylic acids is 1. The first-order valence-corrected chi connectivity index (χ1v) is 5.58. The zero-order valence-corrected chi connectivity index (χ0v) is 9.50. The molecule has 1 aromatic carbocycles. The van der Waals surface area contributed by atoms with Crippen LogP contribution in [-0.2, 0) is 6.54 Å². The van der Waals surface area contributed by atoms with E-state index in [-0.39, 0.29) is 28.4 Å². The van der Waals surface area contributed by atoms with Crippen molar-refractivity contribution < 1.29 is 9.18 Å². The molecule has 88 valence electrons. The van der Waals surface area contributed by atoms with E-state index in [0.717, 1.165) is 11.3 Å². The first kappa shape index (κ1) is 11.5. The van der Waals surface area contributed by atoms with E-state index in [1.165, 1.54) is 12.1 Å². The van der Waals surface area contributed by atoms with Gasteiger partial charge in [-0.1, -0.05) is 23.5 Å². The Balaban J connectivity index is 1.97. The Hall–Kier alpha value is -2.02. The maximum Gasteiger partial charge on any atom is 0.282 e. The van der Waals surface area contributed by atoms with Crippen molar-refractivity contribution in [1.29, 1.82) is 0 Å². The van der Waals surface area contributed by atoms with Crippen molar-refractivity contribution in [3.8, 4) is 0 Å². The Morgan fingerprint density at radius 3 is 2.94 bits per heavy atom. The molecule has 3 N–H and O–H groups in total. The monoisotopic (exact) mass is 252 g/mol. The predicted octanol–water partition coefficient (Wildman–Crippen LogP) is 1.19. The Morgan fingerprint density at radius 1 is 1.47 bits per heavy atom. The van der Waals surface area contributed by atoms with Gasteiger partial charge in [0.2, 0.25) is 10.1 Å². The third-order valence-corrected chi connectivity index (χ3v) is 2.73. The lowest BCUT2D eigenvalue weighted by atomic mass is 10.2. The van der Waals surface area contributed by atoms with Crippen LogP contribution in [-0.4, -0.2) is 16.1 Å². The molecule has 0 aliphatic rings. The maximum atomic E-state index is 12.9. The molecular weight excluding hydrogens is 243 g/mol. The largest absolute Gasteiger partial charge is 0.374 e. The van der Waals surface area contributed by atoms with Gasteiger partial charge in [-0.25, -0.2) is 4.39 Å². The van der Waals surface area contributed by atoms with E-state index in [9.17, 15) is 9.18 Å². The molecule has 0 spiro atoms. The molecule has 17 heavy (non-hydrogen) atoms. The number of nitrogens with one attached hydrogen (secondary N) is 1. The van der Waals surface area contributed by atoms with Gasteiger partial charge in [-0.2, -0.15) is 0 Å². The minimum atomic E-state index is -0.372. The summed E-state index contributed by atoms with van der Waals surface area (Å²) < 4.78 is 12.9. The molecule has 2 rings (SSSR count). The van der Waals surface area contributed by atoms with Gasteiger partial charge in [0.1, 0.15) is 5.82 Å². The van der Waals surface area contributed by atoms with E-state index in [1.807, 2.05) is 0 Å². The van der Waals surface area contributed by atoms with E-state index in [0.29, 0.717) is 5.56 Å². The number of nitrogens with zero attached hydrogens (tertiary/aromatic N) is 2. The summed E-state index contributed by atoms with van der Waals surface area (Å²) in [7, 11) is 0. The molecule has 0 unspecified atom stereocenters. The molecule has 1 aromatic heterocycles. The number of hydrogen-bond acceptors (Lipinski definition) is 5. The quantitative estimate of drug-likeness (QED) is 0.859. The minimum absolute atomic E-state index is 0.193. The Kier molecular flexibility index (Phi) is 3.29. The molecule has 0 aliphatic carbocycles. The van der Waals surface area contributed by atoms with Crippen LogP contribution >= 0.6 is 11.3 Å². The third-order valence-electron chi connectivity index (χ3n) is 1.98. The third kappa shape index (κ3) is 2.97. The van der Waals surface area contributed by atoms with E-state index in [2.05, 4.69) is 15.5 Å². The van der Waals surface area contributed by atoms with Crippen LogP contribution in [0.25, 0.3) is 0 Å². The number of amides is 1. The molecule has 0 radical (unpaired) electrons. The highest BCUT2D eigenvalue weighted by Crippen LogP contribution is 2.10. The number of nitrogen functional groups attached to an aromatic ring is 1. The van der Waals surface area contributed by atoms with Crippen molar-refractivity contribution in [1.82, 2.24) is 15.5 Å². The standard InChI is InChI=1S/C10H9FN4OS/c11-7-3-1-2-6(4-7)5-13-8(16)9-14-15-10(12)17-9/h1-4H,5H2,(H2,12,15)(H,13,16). The predicted molar refractivity (Wildman–Crippen MR) is 61.9 cm³/mol. The Bertz CT molecular complexity index is 543. The molecule has 1 heterocycles. The van der Waals surface area contributed by atoms with Crippen LogP contribution in [0.15, 0.2) is 24.3 Å². The van der Waals surface area contributed by atoms with Crippen molar-refractivity contribution in [3.63, 3.8) is 0 Å². The summed E-state index contributed by atoms with van der Waals surface area (Å²) >= 11 is 1.00. The van der Waals surface area contributed by atoms with Crippen molar-refractivity contribution in [2.45, 2.75) is 6.54 Å². The van der Waals surface area contributed by atoms with Crippen LogP contribution in [0.1, 0.15) is 15.4 Å². The molecule has 7 heteroatoms. The number of rotatable bonds is 3. The number of anilines is 1. The zero-order chi connectivity index (χ0) is 12.3. The fourth-order valence-electron chi connectivity index (χ4n) is 1.23. The van der Waals surface area contributed by atoms with Gasteiger partial charge in [-0.05, 0) is 17.7 Å². The number of halogens is 1. The van der Waals surface area contributed by atoms with Crippen LogP contribution in [0.5, 0.6) is 0 Å². The number of aromatic nitrogens is 2. The highest BCUT2D eigenvalue weighted by atomic mass is 32.1. The lowest BCUT2D eigenvalue weighted by Gasteiger charge is -2.02. The van der Waals surface area contributed by atoms with Crippen LogP contribution in [0.2, 0.25) is 0 Å². The average Bonchev–Trinajstić information content (AvgIpc) is 2.73. The summed E-state index contributed by atoms with van der Waals surface area (Å²) in [4.78, 5) is 11.6. The highest BCUT2D eigenvalue weighted by Gasteiger charge is 2.10. The molecule has 0 saturated heterocycles. The maximum absolute atomic E-state index is 12.9. The van der Waals surface area contributed by atoms with Gasteiger partial charge in [0.15, 0.2) is 0 Å². The summed E-state index contributed by atoms with van der Waals surface area (Å²) in [5.74, 6) is -0.708. The Morgan fingerprint density at radius 2 is 2.29 bits per heavy atom. The van der Waals surface area contributed by atoms with Crippen LogP contribution < -0.4 is 11.1 Å². The summed E-state index contributed by atoms with van der Waals surface area (Å²) in [5, 5.41) is 10.2. The summed E-state index contributed by atoms with van der Waals surface area (Å²) in [5.41, 5.74) is 6.04. The van der Waals surface area contributed by atoms with E-state index in [4.69, 9.17) is 5.73 Å². The van der Waals surface area contributed by atoms with Gasteiger partial charge in [-0.15, -0.1) is 10.2 Å². The zero-order valence-electron chi connectivity index (χ0n) is 8.68. The summed E-state index contributed by atoms with van der Waals surface area (Å²) in [6.45, 7) is 0.232. The topological polar surface area (TPSA) is 80.9 Å². The molecule has 0 aliphatic heterocycles. The highest BCUT2D eigenvalue weighted by molar-refractivity contribution is 7.16. The van der Waals surface area contributed by atoms with Crippen LogP contribution in [0.4, 0.5) is 9.52 Å². The van der Waals surface area contributed by atoms with Gasteiger partial charge < -0.3 is 11.1 Å². The molecule has 5 nitrogen and oxygen atoms in total. The average molecular weight is 252 g/mol. The van der Waals surface area contributed by atoms with E-state index >= 15 is 0 Å². The molecule has 0 bridgehead atoms. The van der Waals surface area contributed by atoms with E-state index in [1.54, 1.807) is 12.1 Å². The second kappa shape index (κ2) is 4.88. The smallest absolute Gasteiger partial charge is 0.282 e. The molecule has 0 fully saturated rings. The molecule has 2 aromatic rings. The SMILES string of the molecule is Nc1nnc(C(=O)NCc2cccc(F)c2)s1. The first-order chi connectivity index (χ1) is 8.15. The molecular formula is C10H9FN4OS. The van der Waals surface area contributed by atoms with Gasteiger partial charge in [-0.3, -0.25) is 4.79 Å². The van der Waals surface area contributed by atoms with E-state index < -0.39 is 0 Å². The fourth-order valence-corrected chi connectivity index (χ4v) is 1.76. The van der Waals surface area contributed by atoms with Crippen molar-refractivity contribution in [2.24, 2.45) is 0 Å². The first-order valence-electron chi connectivity index (χ1n) is 4.77. The van der Waals surface area contributed by atoms with Crippen molar-refractivity contribution >= 4 is 22.4 Å².